The molecule has 0 radical (unpaired) electrons. The second-order valence-corrected chi connectivity index (χ2v) is 4.07. The van der Waals surface area contributed by atoms with Gasteiger partial charge in [-0.05, 0) is 33.1 Å². The molecule has 1 saturated heterocycles. The van der Waals surface area contributed by atoms with E-state index in [2.05, 4.69) is 5.32 Å². The van der Waals surface area contributed by atoms with Gasteiger partial charge in [0.15, 0.2) is 0 Å². The summed E-state index contributed by atoms with van der Waals surface area (Å²) < 4.78 is 10.6. The number of ether oxygens (including phenoxy) is 2. The molecule has 1 aliphatic heterocycles. The van der Waals surface area contributed by atoms with Crippen molar-refractivity contribution < 1.29 is 14.3 Å². The van der Waals surface area contributed by atoms with E-state index in [0.717, 1.165) is 19.3 Å². The molecule has 0 bridgehead atoms. The Bertz CT molecular complexity index is 188. The van der Waals surface area contributed by atoms with Crippen LogP contribution in [-0.4, -0.2) is 37.9 Å². The summed E-state index contributed by atoms with van der Waals surface area (Å²) in [6.45, 7) is 6.10. The predicted octanol–water partition coefficient (Wildman–Crippen LogP) is 1.10. The topological polar surface area (TPSA) is 47.6 Å². The maximum atomic E-state index is 11.5. The zero-order valence-corrected chi connectivity index (χ0v) is 9.62. The third kappa shape index (κ3) is 5.14. The number of carbonyl (C=O) groups is 1. The molecule has 0 aliphatic carbocycles. The van der Waals surface area contributed by atoms with E-state index in [-0.39, 0.29) is 18.1 Å². The number of nitrogens with one attached hydrogen (secondary N) is 1. The third-order valence-electron chi connectivity index (χ3n) is 2.29. The summed E-state index contributed by atoms with van der Waals surface area (Å²) in [5, 5.41) is 2.85. The van der Waals surface area contributed by atoms with Gasteiger partial charge in [-0.1, -0.05) is 0 Å². The number of hydrogen-bond acceptors (Lipinski definition) is 3. The van der Waals surface area contributed by atoms with Crippen molar-refractivity contribution >= 4 is 5.91 Å². The fourth-order valence-electron chi connectivity index (χ4n) is 1.50. The molecule has 0 aromatic rings. The normalized spacial score (nSPS) is 20.9. The van der Waals surface area contributed by atoms with Crippen LogP contribution in [0.4, 0.5) is 0 Å². The third-order valence-corrected chi connectivity index (χ3v) is 2.29. The van der Waals surface area contributed by atoms with Crippen LogP contribution in [0.2, 0.25) is 0 Å². The average molecular weight is 215 g/mol. The van der Waals surface area contributed by atoms with E-state index in [1.165, 1.54) is 0 Å². The molecule has 1 rings (SSSR count). The molecule has 1 heterocycles. The highest BCUT2D eigenvalue weighted by Crippen LogP contribution is 2.11. The quantitative estimate of drug-likeness (QED) is 0.675. The Morgan fingerprint density at radius 3 is 3.00 bits per heavy atom. The van der Waals surface area contributed by atoms with Crippen LogP contribution < -0.4 is 5.32 Å². The fourth-order valence-corrected chi connectivity index (χ4v) is 1.50. The first-order chi connectivity index (χ1) is 7.20. The summed E-state index contributed by atoms with van der Waals surface area (Å²) >= 11 is 0. The van der Waals surface area contributed by atoms with Crippen LogP contribution in [0.25, 0.3) is 0 Å². The van der Waals surface area contributed by atoms with E-state index in [0.29, 0.717) is 19.8 Å². The van der Waals surface area contributed by atoms with Crippen molar-refractivity contribution in [2.24, 2.45) is 0 Å². The molecule has 0 aromatic carbocycles. The molecule has 1 amide bonds. The standard InChI is InChI=1S/C11H21NO3/c1-9(2)14-8-4-6-12-11(13)10-5-3-7-15-10/h9-10H,3-8H2,1-2H3,(H,12,13)/t10-/m1/s1. The van der Waals surface area contributed by atoms with Gasteiger partial charge in [-0.3, -0.25) is 4.79 Å². The lowest BCUT2D eigenvalue weighted by Gasteiger charge is -2.11. The molecule has 1 fully saturated rings. The lowest BCUT2D eigenvalue weighted by Crippen LogP contribution is -2.35. The van der Waals surface area contributed by atoms with Gasteiger partial charge in [-0.25, -0.2) is 0 Å². The number of hydrogen-bond donors (Lipinski definition) is 1. The van der Waals surface area contributed by atoms with Crippen LogP contribution in [0.1, 0.15) is 33.1 Å². The smallest absolute Gasteiger partial charge is 0.249 e. The SMILES string of the molecule is CC(C)OCCCNC(=O)[C@H]1CCCO1. The van der Waals surface area contributed by atoms with Gasteiger partial charge in [0.2, 0.25) is 5.91 Å². The summed E-state index contributed by atoms with van der Waals surface area (Å²) in [6.07, 6.45) is 2.76. The summed E-state index contributed by atoms with van der Waals surface area (Å²) in [5.41, 5.74) is 0. The van der Waals surface area contributed by atoms with E-state index in [1.54, 1.807) is 0 Å². The number of amides is 1. The van der Waals surface area contributed by atoms with Gasteiger partial charge in [-0.2, -0.15) is 0 Å². The molecule has 0 aromatic heterocycles. The zero-order chi connectivity index (χ0) is 11.1. The first kappa shape index (κ1) is 12.5. The number of carbonyl (C=O) groups excluding carboxylic acids is 1. The van der Waals surface area contributed by atoms with Gasteiger partial charge < -0.3 is 14.8 Å². The minimum atomic E-state index is -0.212. The number of rotatable bonds is 6. The van der Waals surface area contributed by atoms with Crippen LogP contribution in [-0.2, 0) is 14.3 Å². The van der Waals surface area contributed by atoms with Crippen molar-refractivity contribution in [2.45, 2.75) is 45.3 Å². The highest BCUT2D eigenvalue weighted by Gasteiger charge is 2.22. The minimum Gasteiger partial charge on any atom is -0.379 e. The molecule has 0 saturated carbocycles. The highest BCUT2D eigenvalue weighted by atomic mass is 16.5. The molecule has 15 heavy (non-hydrogen) atoms. The molecular weight excluding hydrogens is 194 g/mol. The largest absolute Gasteiger partial charge is 0.379 e. The van der Waals surface area contributed by atoms with Crippen molar-refractivity contribution in [3.05, 3.63) is 0 Å². The van der Waals surface area contributed by atoms with Crippen molar-refractivity contribution in [1.82, 2.24) is 5.32 Å². The van der Waals surface area contributed by atoms with Gasteiger partial charge in [0.25, 0.3) is 0 Å². The maximum absolute atomic E-state index is 11.5. The van der Waals surface area contributed by atoms with E-state index in [1.807, 2.05) is 13.8 Å². The van der Waals surface area contributed by atoms with Gasteiger partial charge in [0.05, 0.1) is 6.10 Å². The molecule has 88 valence electrons. The summed E-state index contributed by atoms with van der Waals surface area (Å²) in [7, 11) is 0. The molecule has 4 heteroatoms. The van der Waals surface area contributed by atoms with Crippen LogP contribution in [0.5, 0.6) is 0 Å². The molecule has 0 unspecified atom stereocenters. The summed E-state index contributed by atoms with van der Waals surface area (Å²) in [6, 6.07) is 0. The van der Waals surface area contributed by atoms with Crippen LogP contribution in [0.15, 0.2) is 0 Å². The lowest BCUT2D eigenvalue weighted by molar-refractivity contribution is -0.130. The van der Waals surface area contributed by atoms with Crippen LogP contribution in [0.3, 0.4) is 0 Å². The molecule has 4 nitrogen and oxygen atoms in total. The molecule has 1 aliphatic rings. The monoisotopic (exact) mass is 215 g/mol. The Morgan fingerprint density at radius 1 is 1.60 bits per heavy atom. The molecule has 1 atom stereocenters. The first-order valence-corrected chi connectivity index (χ1v) is 5.71. The van der Waals surface area contributed by atoms with Crippen LogP contribution >= 0.6 is 0 Å². The minimum absolute atomic E-state index is 0.0250. The Labute approximate surface area is 91.3 Å². The van der Waals surface area contributed by atoms with Crippen LogP contribution in [0, 0.1) is 0 Å². The zero-order valence-electron chi connectivity index (χ0n) is 9.62. The van der Waals surface area contributed by atoms with E-state index in [9.17, 15) is 4.79 Å². The summed E-state index contributed by atoms with van der Waals surface area (Å²) in [5.74, 6) is 0.0250. The average Bonchev–Trinajstić information content (AvgIpc) is 2.69. The van der Waals surface area contributed by atoms with E-state index in [4.69, 9.17) is 9.47 Å². The summed E-state index contributed by atoms with van der Waals surface area (Å²) in [4.78, 5) is 11.5. The van der Waals surface area contributed by atoms with E-state index < -0.39 is 0 Å². The molecular formula is C11H21NO3. The second-order valence-electron chi connectivity index (χ2n) is 4.07. The van der Waals surface area contributed by atoms with Crippen molar-refractivity contribution in [3.63, 3.8) is 0 Å². The lowest BCUT2D eigenvalue weighted by atomic mass is 10.2. The van der Waals surface area contributed by atoms with Gasteiger partial charge in [0.1, 0.15) is 6.10 Å². The Kier molecular flexibility index (Phi) is 5.65. The van der Waals surface area contributed by atoms with E-state index >= 15 is 0 Å². The second kappa shape index (κ2) is 6.80. The fraction of sp³-hybridized carbons (Fsp3) is 0.909. The molecule has 1 N–H and O–H groups in total. The Morgan fingerprint density at radius 2 is 2.40 bits per heavy atom. The van der Waals surface area contributed by atoms with Crippen molar-refractivity contribution in [2.75, 3.05) is 19.8 Å². The van der Waals surface area contributed by atoms with Crippen molar-refractivity contribution in [3.8, 4) is 0 Å². The Balaban J connectivity index is 1.97. The molecule has 0 spiro atoms. The first-order valence-electron chi connectivity index (χ1n) is 5.71. The maximum Gasteiger partial charge on any atom is 0.249 e. The Hall–Kier alpha value is -0.610. The van der Waals surface area contributed by atoms with Gasteiger partial charge in [-0.15, -0.1) is 0 Å². The predicted molar refractivity (Wildman–Crippen MR) is 57.7 cm³/mol. The van der Waals surface area contributed by atoms with Gasteiger partial charge in [0, 0.05) is 19.8 Å². The van der Waals surface area contributed by atoms with Crippen molar-refractivity contribution in [1.29, 1.82) is 0 Å². The highest BCUT2D eigenvalue weighted by molar-refractivity contribution is 5.80. The van der Waals surface area contributed by atoms with Gasteiger partial charge >= 0.3 is 0 Å².